The average molecular weight is 235 g/mol. The molecule has 0 radical (unpaired) electrons. The maximum Gasteiger partial charge on any atom is 0.119 e. The van der Waals surface area contributed by atoms with Crippen molar-refractivity contribution in [3.8, 4) is 5.75 Å². The summed E-state index contributed by atoms with van der Waals surface area (Å²) in [5, 5.41) is 3.42. The van der Waals surface area contributed by atoms with E-state index in [1.807, 2.05) is 19.1 Å². The van der Waals surface area contributed by atoms with Crippen LogP contribution in [0.2, 0.25) is 0 Å². The van der Waals surface area contributed by atoms with E-state index in [0.29, 0.717) is 12.7 Å². The molecular formula is C14H21NO2. The Morgan fingerprint density at radius 1 is 1.35 bits per heavy atom. The average Bonchev–Trinajstić information content (AvgIpc) is 2.40. The van der Waals surface area contributed by atoms with Crippen LogP contribution in [-0.4, -0.2) is 25.8 Å². The first-order chi connectivity index (χ1) is 8.33. The lowest BCUT2D eigenvalue weighted by molar-refractivity contribution is -0.0400. The molecule has 0 spiro atoms. The second-order valence-corrected chi connectivity index (χ2v) is 4.32. The van der Waals surface area contributed by atoms with Gasteiger partial charge in [-0.15, -0.1) is 0 Å². The Hall–Kier alpha value is -1.06. The second kappa shape index (κ2) is 6.03. The van der Waals surface area contributed by atoms with Crippen LogP contribution in [-0.2, 0) is 4.74 Å². The Balaban J connectivity index is 2.07. The van der Waals surface area contributed by atoms with Crippen LogP contribution in [0, 0.1) is 0 Å². The SMILES string of the molecule is CCOc1cccc(C2CNCC(CC)O2)c1. The van der Waals surface area contributed by atoms with Crippen LogP contribution in [0.1, 0.15) is 31.9 Å². The molecule has 1 fully saturated rings. The van der Waals surface area contributed by atoms with Gasteiger partial charge in [0.2, 0.25) is 0 Å². The molecule has 1 aromatic carbocycles. The molecule has 0 bridgehead atoms. The number of hydrogen-bond donors (Lipinski definition) is 1. The molecule has 1 aromatic rings. The number of nitrogens with one attached hydrogen (secondary N) is 1. The largest absolute Gasteiger partial charge is 0.494 e. The van der Waals surface area contributed by atoms with Gasteiger partial charge < -0.3 is 14.8 Å². The van der Waals surface area contributed by atoms with E-state index in [1.54, 1.807) is 0 Å². The summed E-state index contributed by atoms with van der Waals surface area (Å²) in [5.74, 6) is 0.923. The van der Waals surface area contributed by atoms with Crippen LogP contribution in [0.25, 0.3) is 0 Å². The van der Waals surface area contributed by atoms with Crippen LogP contribution in [0.3, 0.4) is 0 Å². The monoisotopic (exact) mass is 235 g/mol. The van der Waals surface area contributed by atoms with E-state index in [0.717, 1.165) is 25.3 Å². The van der Waals surface area contributed by atoms with Crippen molar-refractivity contribution in [3.05, 3.63) is 29.8 Å². The maximum absolute atomic E-state index is 6.04. The Bertz CT molecular complexity index is 354. The zero-order chi connectivity index (χ0) is 12.1. The zero-order valence-corrected chi connectivity index (χ0v) is 10.6. The molecule has 94 valence electrons. The summed E-state index contributed by atoms with van der Waals surface area (Å²) in [6.07, 6.45) is 1.52. The van der Waals surface area contributed by atoms with Crippen LogP contribution < -0.4 is 10.1 Å². The van der Waals surface area contributed by atoms with Gasteiger partial charge >= 0.3 is 0 Å². The molecule has 1 aliphatic heterocycles. The maximum atomic E-state index is 6.04. The minimum Gasteiger partial charge on any atom is -0.494 e. The van der Waals surface area contributed by atoms with E-state index in [2.05, 4.69) is 24.4 Å². The number of rotatable bonds is 4. The van der Waals surface area contributed by atoms with E-state index in [1.165, 1.54) is 5.56 Å². The molecular weight excluding hydrogens is 214 g/mol. The van der Waals surface area contributed by atoms with Crippen molar-refractivity contribution in [3.63, 3.8) is 0 Å². The predicted octanol–water partition coefficient (Wildman–Crippen LogP) is 2.52. The molecule has 3 nitrogen and oxygen atoms in total. The first-order valence-electron chi connectivity index (χ1n) is 6.42. The fraction of sp³-hybridized carbons (Fsp3) is 0.571. The van der Waals surface area contributed by atoms with Crippen LogP contribution in [0.15, 0.2) is 24.3 Å². The standard InChI is InChI=1S/C14H21NO2/c1-3-12-9-15-10-14(17-12)11-6-5-7-13(8-11)16-4-2/h5-8,12,14-15H,3-4,9-10H2,1-2H3. The minimum atomic E-state index is 0.147. The van der Waals surface area contributed by atoms with Crippen molar-refractivity contribution < 1.29 is 9.47 Å². The molecule has 1 heterocycles. The third kappa shape index (κ3) is 3.20. The molecule has 1 saturated heterocycles. The number of hydrogen-bond acceptors (Lipinski definition) is 3. The molecule has 0 aromatic heterocycles. The Morgan fingerprint density at radius 3 is 3.00 bits per heavy atom. The Kier molecular flexibility index (Phi) is 4.40. The highest BCUT2D eigenvalue weighted by Crippen LogP contribution is 2.25. The topological polar surface area (TPSA) is 30.5 Å². The minimum absolute atomic E-state index is 0.147. The van der Waals surface area contributed by atoms with Crippen molar-refractivity contribution in [1.29, 1.82) is 0 Å². The third-order valence-electron chi connectivity index (χ3n) is 3.05. The molecule has 17 heavy (non-hydrogen) atoms. The molecule has 2 rings (SSSR count). The van der Waals surface area contributed by atoms with E-state index >= 15 is 0 Å². The van der Waals surface area contributed by atoms with Gasteiger partial charge in [0, 0.05) is 13.1 Å². The Morgan fingerprint density at radius 2 is 2.24 bits per heavy atom. The van der Waals surface area contributed by atoms with Gasteiger partial charge in [-0.1, -0.05) is 19.1 Å². The van der Waals surface area contributed by atoms with E-state index in [-0.39, 0.29) is 6.10 Å². The van der Waals surface area contributed by atoms with Gasteiger partial charge in [-0.25, -0.2) is 0 Å². The molecule has 1 N–H and O–H groups in total. The van der Waals surface area contributed by atoms with Crippen LogP contribution >= 0.6 is 0 Å². The zero-order valence-electron chi connectivity index (χ0n) is 10.6. The lowest BCUT2D eigenvalue weighted by Crippen LogP contribution is -2.40. The summed E-state index contributed by atoms with van der Waals surface area (Å²) in [4.78, 5) is 0. The lowest BCUT2D eigenvalue weighted by Gasteiger charge is -2.30. The second-order valence-electron chi connectivity index (χ2n) is 4.32. The summed E-state index contributed by atoms with van der Waals surface area (Å²) >= 11 is 0. The van der Waals surface area contributed by atoms with E-state index < -0.39 is 0 Å². The van der Waals surface area contributed by atoms with Gasteiger partial charge in [-0.05, 0) is 31.0 Å². The molecule has 0 aliphatic carbocycles. The number of ether oxygens (including phenoxy) is 2. The molecule has 2 unspecified atom stereocenters. The summed E-state index contributed by atoms with van der Waals surface area (Å²) in [7, 11) is 0. The summed E-state index contributed by atoms with van der Waals surface area (Å²) in [6.45, 7) is 6.69. The fourth-order valence-electron chi connectivity index (χ4n) is 2.11. The van der Waals surface area contributed by atoms with Crippen molar-refractivity contribution >= 4 is 0 Å². The molecule has 0 saturated carbocycles. The van der Waals surface area contributed by atoms with Gasteiger partial charge in [-0.3, -0.25) is 0 Å². The van der Waals surface area contributed by atoms with Gasteiger partial charge in [0.15, 0.2) is 0 Å². The molecule has 3 heteroatoms. The quantitative estimate of drug-likeness (QED) is 0.870. The summed E-state index contributed by atoms with van der Waals surface area (Å²) < 4.78 is 11.6. The predicted molar refractivity (Wildman–Crippen MR) is 68.4 cm³/mol. The van der Waals surface area contributed by atoms with Gasteiger partial charge in [-0.2, -0.15) is 0 Å². The molecule has 0 amide bonds. The van der Waals surface area contributed by atoms with Gasteiger partial charge in [0.05, 0.1) is 18.8 Å². The highest BCUT2D eigenvalue weighted by molar-refractivity contribution is 5.30. The fourth-order valence-corrected chi connectivity index (χ4v) is 2.11. The normalized spacial score (nSPS) is 24.6. The number of benzene rings is 1. The molecule has 2 atom stereocenters. The lowest BCUT2D eigenvalue weighted by atomic mass is 10.1. The summed E-state index contributed by atoms with van der Waals surface area (Å²) in [5.41, 5.74) is 1.20. The van der Waals surface area contributed by atoms with Gasteiger partial charge in [0.1, 0.15) is 5.75 Å². The van der Waals surface area contributed by atoms with Crippen LogP contribution in [0.4, 0.5) is 0 Å². The van der Waals surface area contributed by atoms with Gasteiger partial charge in [0.25, 0.3) is 0 Å². The Labute approximate surface area is 103 Å². The molecule has 1 aliphatic rings. The van der Waals surface area contributed by atoms with Crippen molar-refractivity contribution in [1.82, 2.24) is 5.32 Å². The summed E-state index contributed by atoms with van der Waals surface area (Å²) in [6, 6.07) is 8.20. The van der Waals surface area contributed by atoms with E-state index in [4.69, 9.17) is 9.47 Å². The first kappa shape index (κ1) is 12.4. The first-order valence-corrected chi connectivity index (χ1v) is 6.42. The van der Waals surface area contributed by atoms with Crippen LogP contribution in [0.5, 0.6) is 5.75 Å². The van der Waals surface area contributed by atoms with Crippen molar-refractivity contribution in [2.45, 2.75) is 32.5 Å². The number of morpholine rings is 1. The van der Waals surface area contributed by atoms with E-state index in [9.17, 15) is 0 Å². The highest BCUT2D eigenvalue weighted by atomic mass is 16.5. The smallest absolute Gasteiger partial charge is 0.119 e. The van der Waals surface area contributed by atoms with Crippen molar-refractivity contribution in [2.75, 3.05) is 19.7 Å². The van der Waals surface area contributed by atoms with Crippen molar-refractivity contribution in [2.24, 2.45) is 0 Å². The highest BCUT2D eigenvalue weighted by Gasteiger charge is 2.22. The third-order valence-corrected chi connectivity index (χ3v) is 3.05.